The van der Waals surface area contributed by atoms with Gasteiger partial charge in [-0.1, -0.05) is 18.2 Å². The summed E-state index contributed by atoms with van der Waals surface area (Å²) in [7, 11) is 0. The maximum atomic E-state index is 12.7. The standard InChI is InChI=1S/C19H21N3O2/c1-13-5-3-7-17(14(13)2)22-10-8-16(19(22)24)18(23)21-12-15-6-4-9-20-11-15/h3-7,9,11,16H,8,10,12H2,1-2H3,(H,21,23)/t16-/m0/s1. The zero-order valence-corrected chi connectivity index (χ0v) is 14.0. The van der Waals surface area contributed by atoms with Crippen LogP contribution in [0.25, 0.3) is 0 Å². The summed E-state index contributed by atoms with van der Waals surface area (Å²) in [6.07, 6.45) is 3.94. The van der Waals surface area contributed by atoms with Crippen molar-refractivity contribution in [2.24, 2.45) is 5.92 Å². The number of aromatic nitrogens is 1. The molecule has 0 spiro atoms. The lowest BCUT2D eigenvalue weighted by Crippen LogP contribution is -2.36. The van der Waals surface area contributed by atoms with Crippen molar-refractivity contribution in [2.45, 2.75) is 26.8 Å². The lowest BCUT2D eigenvalue weighted by Gasteiger charge is -2.20. The number of amides is 2. The zero-order chi connectivity index (χ0) is 17.1. The highest BCUT2D eigenvalue weighted by molar-refractivity contribution is 6.09. The van der Waals surface area contributed by atoms with Crippen LogP contribution in [0.15, 0.2) is 42.7 Å². The lowest BCUT2D eigenvalue weighted by molar-refractivity contribution is -0.132. The average molecular weight is 323 g/mol. The Kier molecular flexibility index (Phi) is 4.60. The van der Waals surface area contributed by atoms with Crippen LogP contribution in [0.4, 0.5) is 5.69 Å². The van der Waals surface area contributed by atoms with Gasteiger partial charge in [0.1, 0.15) is 5.92 Å². The Balaban J connectivity index is 1.67. The topological polar surface area (TPSA) is 62.3 Å². The third-order valence-corrected chi connectivity index (χ3v) is 4.58. The highest BCUT2D eigenvalue weighted by atomic mass is 16.2. The van der Waals surface area contributed by atoms with E-state index in [4.69, 9.17) is 0 Å². The molecular formula is C19H21N3O2. The van der Waals surface area contributed by atoms with Crippen LogP contribution in [-0.2, 0) is 16.1 Å². The van der Waals surface area contributed by atoms with Crippen LogP contribution < -0.4 is 10.2 Å². The molecule has 2 heterocycles. The van der Waals surface area contributed by atoms with E-state index in [0.29, 0.717) is 19.5 Å². The molecule has 0 radical (unpaired) electrons. The van der Waals surface area contributed by atoms with Crippen LogP contribution in [0.5, 0.6) is 0 Å². The molecule has 1 N–H and O–H groups in total. The molecule has 1 aliphatic rings. The van der Waals surface area contributed by atoms with Crippen molar-refractivity contribution < 1.29 is 9.59 Å². The van der Waals surface area contributed by atoms with Gasteiger partial charge in [-0.15, -0.1) is 0 Å². The summed E-state index contributed by atoms with van der Waals surface area (Å²) < 4.78 is 0. The van der Waals surface area contributed by atoms with Gasteiger partial charge in [0.15, 0.2) is 0 Å². The number of carbonyl (C=O) groups is 2. The molecule has 1 saturated heterocycles. The van der Waals surface area contributed by atoms with Crippen LogP contribution >= 0.6 is 0 Å². The number of nitrogens with one attached hydrogen (secondary N) is 1. The van der Waals surface area contributed by atoms with E-state index in [1.165, 1.54) is 0 Å². The molecule has 2 aromatic rings. The van der Waals surface area contributed by atoms with Crippen molar-refractivity contribution in [2.75, 3.05) is 11.4 Å². The summed E-state index contributed by atoms with van der Waals surface area (Å²) >= 11 is 0. The third-order valence-electron chi connectivity index (χ3n) is 4.58. The number of nitrogens with zero attached hydrogens (tertiary/aromatic N) is 2. The molecule has 1 aromatic carbocycles. The molecule has 0 saturated carbocycles. The fraction of sp³-hybridized carbons (Fsp3) is 0.316. The molecule has 5 nitrogen and oxygen atoms in total. The maximum absolute atomic E-state index is 12.7. The summed E-state index contributed by atoms with van der Waals surface area (Å²) in [6, 6.07) is 9.63. The van der Waals surface area contributed by atoms with E-state index >= 15 is 0 Å². The van der Waals surface area contributed by atoms with Gasteiger partial charge in [0, 0.05) is 31.2 Å². The Bertz CT molecular complexity index is 758. The molecule has 3 rings (SSSR count). The van der Waals surface area contributed by atoms with Gasteiger partial charge in [-0.3, -0.25) is 14.6 Å². The largest absolute Gasteiger partial charge is 0.351 e. The second-order valence-electron chi connectivity index (χ2n) is 6.13. The fourth-order valence-electron chi connectivity index (χ4n) is 3.01. The minimum absolute atomic E-state index is 0.118. The summed E-state index contributed by atoms with van der Waals surface area (Å²) in [5.41, 5.74) is 4.05. The van der Waals surface area contributed by atoms with Gasteiger partial charge in [0.25, 0.3) is 0 Å². The zero-order valence-electron chi connectivity index (χ0n) is 14.0. The molecule has 24 heavy (non-hydrogen) atoms. The molecule has 1 atom stereocenters. The van der Waals surface area contributed by atoms with E-state index in [1.807, 2.05) is 44.2 Å². The molecule has 0 bridgehead atoms. The summed E-state index contributed by atoms with van der Waals surface area (Å²) in [5.74, 6) is -0.939. The highest BCUT2D eigenvalue weighted by Crippen LogP contribution is 2.29. The smallest absolute Gasteiger partial charge is 0.239 e. The molecule has 1 fully saturated rings. The van der Waals surface area contributed by atoms with Crippen molar-refractivity contribution >= 4 is 17.5 Å². The van der Waals surface area contributed by atoms with Crippen molar-refractivity contribution in [3.05, 3.63) is 59.4 Å². The van der Waals surface area contributed by atoms with E-state index in [1.54, 1.807) is 17.3 Å². The lowest BCUT2D eigenvalue weighted by atomic mass is 10.1. The Hall–Kier alpha value is -2.69. The van der Waals surface area contributed by atoms with Gasteiger partial charge in [-0.2, -0.15) is 0 Å². The summed E-state index contributed by atoms with van der Waals surface area (Å²) in [6.45, 7) is 5.00. The maximum Gasteiger partial charge on any atom is 0.239 e. The molecule has 2 amide bonds. The van der Waals surface area contributed by atoms with Crippen molar-refractivity contribution in [3.63, 3.8) is 0 Å². The Morgan fingerprint density at radius 2 is 2.12 bits per heavy atom. The third kappa shape index (κ3) is 3.15. The predicted molar refractivity (Wildman–Crippen MR) is 92.5 cm³/mol. The minimum Gasteiger partial charge on any atom is -0.351 e. The van der Waals surface area contributed by atoms with E-state index in [9.17, 15) is 9.59 Å². The van der Waals surface area contributed by atoms with E-state index in [0.717, 1.165) is 22.4 Å². The van der Waals surface area contributed by atoms with Crippen LogP contribution in [0.2, 0.25) is 0 Å². The quantitative estimate of drug-likeness (QED) is 0.879. The number of hydrogen-bond acceptors (Lipinski definition) is 3. The molecule has 5 heteroatoms. The molecule has 1 aliphatic heterocycles. The van der Waals surface area contributed by atoms with Gasteiger partial charge in [-0.25, -0.2) is 0 Å². The monoisotopic (exact) mass is 323 g/mol. The number of hydrogen-bond donors (Lipinski definition) is 1. The number of rotatable bonds is 4. The Labute approximate surface area is 141 Å². The average Bonchev–Trinajstić information content (AvgIpc) is 2.98. The predicted octanol–water partition coefficient (Wildman–Crippen LogP) is 2.37. The summed E-state index contributed by atoms with van der Waals surface area (Å²) in [5, 5.41) is 2.84. The van der Waals surface area contributed by atoms with Gasteiger partial charge in [-0.05, 0) is 49.1 Å². The minimum atomic E-state index is -0.610. The molecular weight excluding hydrogens is 302 g/mol. The number of pyridine rings is 1. The van der Waals surface area contributed by atoms with E-state index in [2.05, 4.69) is 10.3 Å². The van der Waals surface area contributed by atoms with E-state index in [-0.39, 0.29) is 11.8 Å². The second kappa shape index (κ2) is 6.83. The van der Waals surface area contributed by atoms with Crippen molar-refractivity contribution in [1.82, 2.24) is 10.3 Å². The molecule has 0 aliphatic carbocycles. The molecule has 0 unspecified atom stereocenters. The first-order valence-electron chi connectivity index (χ1n) is 8.12. The van der Waals surface area contributed by atoms with Crippen LogP contribution in [0.3, 0.4) is 0 Å². The molecule has 124 valence electrons. The van der Waals surface area contributed by atoms with Crippen LogP contribution in [0.1, 0.15) is 23.1 Å². The van der Waals surface area contributed by atoms with Gasteiger partial charge < -0.3 is 10.2 Å². The number of aryl methyl sites for hydroxylation is 1. The number of benzene rings is 1. The van der Waals surface area contributed by atoms with Gasteiger partial charge >= 0.3 is 0 Å². The first kappa shape index (κ1) is 16.2. The Morgan fingerprint density at radius 1 is 1.29 bits per heavy atom. The second-order valence-corrected chi connectivity index (χ2v) is 6.13. The first-order chi connectivity index (χ1) is 11.6. The van der Waals surface area contributed by atoms with Crippen LogP contribution in [0, 0.1) is 19.8 Å². The van der Waals surface area contributed by atoms with Crippen molar-refractivity contribution in [3.8, 4) is 0 Å². The number of carbonyl (C=O) groups excluding carboxylic acids is 2. The van der Waals surface area contributed by atoms with Crippen LogP contribution in [-0.4, -0.2) is 23.3 Å². The van der Waals surface area contributed by atoms with Gasteiger partial charge in [0.2, 0.25) is 11.8 Å². The normalized spacial score (nSPS) is 17.2. The fourth-order valence-corrected chi connectivity index (χ4v) is 3.01. The van der Waals surface area contributed by atoms with E-state index < -0.39 is 5.92 Å². The Morgan fingerprint density at radius 3 is 2.88 bits per heavy atom. The SMILES string of the molecule is Cc1cccc(N2CC[C@@H](C(=O)NCc3cccnc3)C2=O)c1C. The molecule has 1 aromatic heterocycles. The summed E-state index contributed by atoms with van der Waals surface area (Å²) in [4.78, 5) is 30.8. The highest BCUT2D eigenvalue weighted by Gasteiger charge is 2.37. The van der Waals surface area contributed by atoms with Crippen molar-refractivity contribution in [1.29, 1.82) is 0 Å². The first-order valence-corrected chi connectivity index (χ1v) is 8.12. The number of anilines is 1. The van der Waals surface area contributed by atoms with Gasteiger partial charge in [0.05, 0.1) is 0 Å².